The molecule has 2 saturated heterocycles. The highest BCUT2D eigenvalue weighted by molar-refractivity contribution is 6.33. The highest BCUT2D eigenvalue weighted by atomic mass is 35.5. The lowest BCUT2D eigenvalue weighted by Crippen LogP contribution is -2.52. The van der Waals surface area contributed by atoms with E-state index < -0.39 is 5.60 Å². The molecule has 0 unspecified atom stereocenters. The van der Waals surface area contributed by atoms with E-state index in [0.717, 1.165) is 68.3 Å². The van der Waals surface area contributed by atoms with Crippen LogP contribution in [0, 0.1) is 0 Å². The van der Waals surface area contributed by atoms with Crippen molar-refractivity contribution in [3.8, 4) is 5.75 Å². The number of nitrogens with zero attached hydrogens (tertiary/aromatic N) is 6. The van der Waals surface area contributed by atoms with Crippen molar-refractivity contribution in [3.63, 3.8) is 0 Å². The summed E-state index contributed by atoms with van der Waals surface area (Å²) in [5.41, 5.74) is 3.83. The van der Waals surface area contributed by atoms with E-state index in [1.165, 1.54) is 12.8 Å². The summed E-state index contributed by atoms with van der Waals surface area (Å²) in [5, 5.41) is 7.00. The normalized spacial score (nSPS) is 18.0. The average Bonchev–Trinajstić information content (AvgIpc) is 3.48. The minimum Gasteiger partial charge on any atom is -0.494 e. The Hall–Kier alpha value is -3.80. The number of para-hydroxylation sites is 1. The summed E-state index contributed by atoms with van der Waals surface area (Å²) in [6.45, 7) is 12.8. The molecule has 6 rings (SSSR count). The lowest BCUT2D eigenvalue weighted by atomic mass is 10.0. The fraction of sp³-hybridized carbons (Fsp3) is 0.500. The van der Waals surface area contributed by atoms with E-state index in [0.29, 0.717) is 40.8 Å². The molecule has 0 bridgehead atoms. The second-order valence-electron chi connectivity index (χ2n) is 13.3. The predicted molar refractivity (Wildman–Crippen MR) is 185 cm³/mol. The summed E-state index contributed by atoms with van der Waals surface area (Å²) in [5.74, 6) is 1.49. The monoisotopic (exact) mass is 648 g/mol. The number of benzene rings is 2. The Morgan fingerprint density at radius 2 is 1.74 bits per heavy atom. The minimum atomic E-state index is -0.598. The Labute approximate surface area is 276 Å². The number of aromatic nitrogens is 2. The molecule has 0 aliphatic carbocycles. The molecule has 11 nitrogen and oxygen atoms in total. The van der Waals surface area contributed by atoms with Crippen LogP contribution in [0.4, 0.5) is 39.3 Å². The number of hydrogen-bond acceptors (Lipinski definition) is 10. The zero-order valence-electron chi connectivity index (χ0n) is 27.5. The van der Waals surface area contributed by atoms with Gasteiger partial charge in [-0.25, -0.2) is 9.78 Å². The quantitative estimate of drug-likeness (QED) is 0.311. The number of anilines is 6. The molecule has 1 aromatic heterocycles. The summed E-state index contributed by atoms with van der Waals surface area (Å²) in [4.78, 5) is 31.3. The summed E-state index contributed by atoms with van der Waals surface area (Å²) in [6.07, 6.45) is 4.24. The van der Waals surface area contributed by atoms with Crippen molar-refractivity contribution < 1.29 is 14.3 Å². The maximum absolute atomic E-state index is 13.0. The molecule has 0 radical (unpaired) electrons. The topological polar surface area (TPSA) is 98.3 Å². The number of piperazine rings is 1. The smallest absolute Gasteiger partial charge is 0.414 e. The van der Waals surface area contributed by atoms with Gasteiger partial charge in [-0.1, -0.05) is 23.7 Å². The van der Waals surface area contributed by atoms with Crippen LogP contribution in [0.5, 0.6) is 5.75 Å². The number of likely N-dealkylation sites (N-methyl/N-ethyl adjacent to an activating group) is 1. The number of fused-ring (bicyclic) bond motifs is 1. The van der Waals surface area contributed by atoms with Crippen molar-refractivity contribution in [2.24, 2.45) is 0 Å². The van der Waals surface area contributed by atoms with Gasteiger partial charge in [0.25, 0.3) is 0 Å². The fourth-order valence-electron chi connectivity index (χ4n) is 6.48. The minimum absolute atomic E-state index is 0.354. The summed E-state index contributed by atoms with van der Waals surface area (Å²) >= 11 is 6.56. The molecule has 2 N–H and O–H groups in total. The molecule has 0 spiro atoms. The van der Waals surface area contributed by atoms with Gasteiger partial charge >= 0.3 is 6.09 Å². The first-order valence-corrected chi connectivity index (χ1v) is 16.5. The number of nitrogens with one attached hydrogen (secondary N) is 2. The van der Waals surface area contributed by atoms with Crippen LogP contribution in [0.1, 0.15) is 39.2 Å². The van der Waals surface area contributed by atoms with Gasteiger partial charge in [0.1, 0.15) is 16.4 Å². The largest absolute Gasteiger partial charge is 0.494 e. The lowest BCUT2D eigenvalue weighted by Gasteiger charge is -2.42. The number of rotatable bonds is 7. The molecule has 3 aliphatic rings. The first-order valence-electron chi connectivity index (χ1n) is 16.1. The van der Waals surface area contributed by atoms with Gasteiger partial charge in [0.2, 0.25) is 5.95 Å². The van der Waals surface area contributed by atoms with Crippen LogP contribution >= 0.6 is 11.6 Å². The van der Waals surface area contributed by atoms with Crippen LogP contribution in [-0.2, 0) is 11.2 Å². The number of halogens is 1. The molecule has 3 aromatic rings. The van der Waals surface area contributed by atoms with E-state index in [2.05, 4.69) is 54.5 Å². The van der Waals surface area contributed by atoms with E-state index >= 15 is 0 Å². The summed E-state index contributed by atoms with van der Waals surface area (Å²) in [7, 11) is 3.88. The van der Waals surface area contributed by atoms with Gasteiger partial charge in [-0.15, -0.1) is 0 Å². The molecule has 2 aromatic carbocycles. The van der Waals surface area contributed by atoms with Gasteiger partial charge in [0, 0.05) is 63.6 Å². The number of carbonyl (C=O) groups excluding carboxylic acids is 1. The molecule has 4 heterocycles. The molecule has 0 saturated carbocycles. The van der Waals surface area contributed by atoms with Gasteiger partial charge < -0.3 is 29.9 Å². The van der Waals surface area contributed by atoms with Crippen LogP contribution in [0.2, 0.25) is 5.02 Å². The van der Waals surface area contributed by atoms with Gasteiger partial charge in [0.05, 0.1) is 30.4 Å². The van der Waals surface area contributed by atoms with Gasteiger partial charge in [-0.3, -0.25) is 9.80 Å². The Morgan fingerprint density at radius 3 is 2.46 bits per heavy atom. The second-order valence-corrected chi connectivity index (χ2v) is 13.7. The molecule has 3 aliphatic heterocycles. The van der Waals surface area contributed by atoms with Gasteiger partial charge in [-0.2, -0.15) is 4.98 Å². The fourth-order valence-corrected chi connectivity index (χ4v) is 6.61. The molecule has 246 valence electrons. The average molecular weight is 649 g/mol. The van der Waals surface area contributed by atoms with E-state index in [4.69, 9.17) is 21.1 Å². The number of ether oxygens (including phenoxy) is 2. The van der Waals surface area contributed by atoms with Crippen LogP contribution in [-0.4, -0.2) is 97.5 Å². The maximum Gasteiger partial charge on any atom is 0.414 e. The predicted octanol–water partition coefficient (Wildman–Crippen LogP) is 6.14. The van der Waals surface area contributed by atoms with E-state index in [-0.39, 0.29) is 6.09 Å². The highest BCUT2D eigenvalue weighted by Crippen LogP contribution is 2.39. The number of methoxy groups -OCH3 is 1. The van der Waals surface area contributed by atoms with Crippen molar-refractivity contribution >= 4 is 52.2 Å². The molecular formula is C34H45ClN8O3. The van der Waals surface area contributed by atoms with Crippen LogP contribution < -0.4 is 25.2 Å². The third-order valence-electron chi connectivity index (χ3n) is 8.92. The Kier molecular flexibility index (Phi) is 9.44. The third kappa shape index (κ3) is 7.27. The molecule has 46 heavy (non-hydrogen) atoms. The number of amides is 1. The van der Waals surface area contributed by atoms with Crippen molar-refractivity contribution in [2.45, 2.75) is 51.7 Å². The first-order chi connectivity index (χ1) is 22.1. The van der Waals surface area contributed by atoms with Crippen LogP contribution in [0.3, 0.4) is 0 Å². The second kappa shape index (κ2) is 13.5. The Balaban J connectivity index is 1.14. The van der Waals surface area contributed by atoms with Crippen LogP contribution in [0.15, 0.2) is 42.6 Å². The van der Waals surface area contributed by atoms with Crippen molar-refractivity contribution in [1.82, 2.24) is 19.8 Å². The van der Waals surface area contributed by atoms with Gasteiger partial charge in [0.15, 0.2) is 5.82 Å². The van der Waals surface area contributed by atoms with E-state index in [9.17, 15) is 4.79 Å². The Morgan fingerprint density at radius 1 is 0.978 bits per heavy atom. The molecule has 12 heteroatoms. The zero-order chi connectivity index (χ0) is 32.4. The number of piperidine rings is 1. The SMILES string of the molecule is COc1cc(N2CCC(N3CCN(C)CC3)CC2)ccc1Nc1ncc(Cl)c(Nc2cccc3c2N(C(=O)OC(C)(C)C)CC3)n1. The van der Waals surface area contributed by atoms with Gasteiger partial charge in [-0.05, 0) is 70.8 Å². The Bertz CT molecular complexity index is 1550. The number of carbonyl (C=O) groups is 1. The van der Waals surface area contributed by atoms with Crippen molar-refractivity contribution in [2.75, 3.05) is 80.4 Å². The highest BCUT2D eigenvalue weighted by Gasteiger charge is 2.31. The number of hydrogen-bond donors (Lipinski definition) is 2. The summed E-state index contributed by atoms with van der Waals surface area (Å²) in [6, 6.07) is 12.7. The molecule has 0 atom stereocenters. The zero-order valence-corrected chi connectivity index (χ0v) is 28.2. The first kappa shape index (κ1) is 32.2. The standard InChI is InChI=1S/C34H45ClN8O3/c1-34(2,3)46-33(44)43-16-11-23-7-6-8-28(30(23)43)37-31-26(35)22-36-32(39-31)38-27-10-9-25(21-29(27)45-5)41-14-12-24(13-15-41)42-19-17-40(4)18-20-42/h6-10,21-22,24H,11-20H2,1-5H3,(H2,36,37,38,39). The van der Waals surface area contributed by atoms with Crippen molar-refractivity contribution in [3.05, 3.63) is 53.2 Å². The van der Waals surface area contributed by atoms with Crippen LogP contribution in [0.25, 0.3) is 0 Å². The molecular weight excluding hydrogens is 604 g/mol. The maximum atomic E-state index is 13.0. The van der Waals surface area contributed by atoms with Crippen molar-refractivity contribution in [1.29, 1.82) is 0 Å². The molecule has 1 amide bonds. The lowest BCUT2D eigenvalue weighted by molar-refractivity contribution is 0.0584. The summed E-state index contributed by atoms with van der Waals surface area (Å²) < 4.78 is 11.5. The molecule has 2 fully saturated rings. The third-order valence-corrected chi connectivity index (χ3v) is 9.20. The van der Waals surface area contributed by atoms with E-state index in [1.54, 1.807) is 18.2 Å². The van der Waals surface area contributed by atoms with E-state index in [1.807, 2.05) is 45.0 Å².